The fraction of sp³-hybridized carbons (Fsp3) is 0.467. The van der Waals surface area contributed by atoms with Gasteiger partial charge in [-0.05, 0) is 44.1 Å². The van der Waals surface area contributed by atoms with Crippen molar-refractivity contribution in [1.82, 2.24) is 5.32 Å². The summed E-state index contributed by atoms with van der Waals surface area (Å²) in [6, 6.07) is 6.89. The Morgan fingerprint density at radius 1 is 1.52 bits per heavy atom. The number of nitrogens with one attached hydrogen (secondary N) is 2. The van der Waals surface area contributed by atoms with Gasteiger partial charge in [0.2, 0.25) is 5.91 Å². The summed E-state index contributed by atoms with van der Waals surface area (Å²) < 4.78 is 5.24. The summed E-state index contributed by atoms with van der Waals surface area (Å²) >= 11 is 5.94. The van der Waals surface area contributed by atoms with Gasteiger partial charge in [-0.1, -0.05) is 11.6 Å². The maximum Gasteiger partial charge on any atom is 0.233 e. The molecule has 0 unspecified atom stereocenters. The number of nitriles is 1. The lowest BCUT2D eigenvalue weighted by atomic mass is 9.78. The van der Waals surface area contributed by atoms with Crippen LogP contribution in [-0.2, 0) is 9.53 Å². The second-order valence-corrected chi connectivity index (χ2v) is 5.66. The van der Waals surface area contributed by atoms with Crippen molar-refractivity contribution in [3.8, 4) is 6.07 Å². The highest BCUT2D eigenvalue weighted by atomic mass is 35.5. The highest BCUT2D eigenvalue weighted by molar-refractivity contribution is 6.31. The molecule has 1 aromatic rings. The van der Waals surface area contributed by atoms with E-state index in [9.17, 15) is 4.79 Å². The van der Waals surface area contributed by atoms with Gasteiger partial charge >= 0.3 is 0 Å². The van der Waals surface area contributed by atoms with Gasteiger partial charge in [0.25, 0.3) is 0 Å². The van der Waals surface area contributed by atoms with E-state index in [-0.39, 0.29) is 5.91 Å². The zero-order valence-corrected chi connectivity index (χ0v) is 12.7. The second kappa shape index (κ2) is 6.90. The van der Waals surface area contributed by atoms with Crippen LogP contribution in [0.4, 0.5) is 5.69 Å². The standard InChI is InChI=1S/C15H18ClN3O2/c1-21-10-15(4-6-18-7-5-15)14(20)19-13-8-12(16)3-2-11(13)9-17/h2-3,8,18H,4-7,10H2,1H3,(H,19,20). The number of halogens is 1. The van der Waals surface area contributed by atoms with Crippen molar-refractivity contribution in [3.05, 3.63) is 28.8 Å². The lowest BCUT2D eigenvalue weighted by Gasteiger charge is -2.35. The maximum absolute atomic E-state index is 12.7. The Balaban J connectivity index is 2.23. The van der Waals surface area contributed by atoms with Crippen molar-refractivity contribution in [2.45, 2.75) is 12.8 Å². The van der Waals surface area contributed by atoms with Crippen molar-refractivity contribution in [1.29, 1.82) is 5.26 Å². The number of carbonyl (C=O) groups is 1. The SMILES string of the molecule is COCC1(C(=O)Nc2cc(Cl)ccc2C#N)CCNCC1. The molecule has 112 valence electrons. The highest BCUT2D eigenvalue weighted by Crippen LogP contribution is 2.32. The molecular formula is C15H18ClN3O2. The molecule has 5 nitrogen and oxygen atoms in total. The molecule has 6 heteroatoms. The Morgan fingerprint density at radius 2 is 2.24 bits per heavy atom. The number of amides is 1. The maximum atomic E-state index is 12.7. The van der Waals surface area contributed by atoms with Gasteiger partial charge < -0.3 is 15.4 Å². The summed E-state index contributed by atoms with van der Waals surface area (Å²) in [5, 5.41) is 15.7. The molecule has 2 rings (SSSR count). The number of piperidine rings is 1. The molecule has 1 amide bonds. The summed E-state index contributed by atoms with van der Waals surface area (Å²) in [6.07, 6.45) is 1.41. The molecule has 0 bridgehead atoms. The van der Waals surface area contributed by atoms with E-state index < -0.39 is 5.41 Å². The number of carbonyl (C=O) groups excluding carboxylic acids is 1. The Hall–Kier alpha value is -1.61. The number of methoxy groups -OCH3 is 1. The topological polar surface area (TPSA) is 74.1 Å². The molecule has 1 heterocycles. The molecule has 1 aromatic carbocycles. The number of anilines is 1. The van der Waals surface area contributed by atoms with E-state index in [0.717, 1.165) is 13.1 Å². The van der Waals surface area contributed by atoms with Crippen LogP contribution in [0, 0.1) is 16.7 Å². The van der Waals surface area contributed by atoms with Crippen LogP contribution in [0.3, 0.4) is 0 Å². The fourth-order valence-electron chi connectivity index (χ4n) is 2.59. The van der Waals surface area contributed by atoms with Crippen molar-refractivity contribution < 1.29 is 9.53 Å². The molecule has 0 aromatic heterocycles. The van der Waals surface area contributed by atoms with E-state index in [1.807, 2.05) is 0 Å². The Morgan fingerprint density at radius 3 is 2.86 bits per heavy atom. The first-order valence-electron chi connectivity index (χ1n) is 6.82. The fourth-order valence-corrected chi connectivity index (χ4v) is 2.76. The predicted octanol–water partition coefficient (Wildman–Crippen LogP) is 2.17. The largest absolute Gasteiger partial charge is 0.384 e. The van der Waals surface area contributed by atoms with E-state index in [4.69, 9.17) is 21.6 Å². The van der Waals surface area contributed by atoms with Gasteiger partial charge in [-0.15, -0.1) is 0 Å². The van der Waals surface area contributed by atoms with Crippen LogP contribution in [0.2, 0.25) is 5.02 Å². The zero-order chi connectivity index (χ0) is 15.3. The Kier molecular flexibility index (Phi) is 5.18. The van der Waals surface area contributed by atoms with Gasteiger partial charge in [0.1, 0.15) is 6.07 Å². The lowest BCUT2D eigenvalue weighted by Crippen LogP contribution is -2.47. The first-order valence-corrected chi connectivity index (χ1v) is 7.20. The van der Waals surface area contributed by atoms with Gasteiger partial charge in [-0.2, -0.15) is 5.26 Å². The summed E-state index contributed by atoms with van der Waals surface area (Å²) in [5.41, 5.74) is 0.285. The summed E-state index contributed by atoms with van der Waals surface area (Å²) in [4.78, 5) is 12.7. The van der Waals surface area contributed by atoms with Crippen molar-refractivity contribution in [2.24, 2.45) is 5.41 Å². The average Bonchev–Trinajstić information content (AvgIpc) is 2.49. The highest BCUT2D eigenvalue weighted by Gasteiger charge is 2.39. The molecule has 0 saturated carbocycles. The van der Waals surface area contributed by atoms with Crippen molar-refractivity contribution >= 4 is 23.2 Å². The number of benzene rings is 1. The van der Waals surface area contributed by atoms with Crippen LogP contribution >= 0.6 is 11.6 Å². The van der Waals surface area contributed by atoms with Crippen LogP contribution in [0.25, 0.3) is 0 Å². The molecule has 1 saturated heterocycles. The van der Waals surface area contributed by atoms with Crippen LogP contribution in [-0.4, -0.2) is 32.7 Å². The van der Waals surface area contributed by atoms with E-state index in [1.165, 1.54) is 0 Å². The molecular weight excluding hydrogens is 290 g/mol. The van der Waals surface area contributed by atoms with Gasteiger partial charge in [0.15, 0.2) is 0 Å². The van der Waals surface area contributed by atoms with Crippen molar-refractivity contribution in [3.63, 3.8) is 0 Å². The van der Waals surface area contributed by atoms with Crippen LogP contribution < -0.4 is 10.6 Å². The Bertz CT molecular complexity index is 557. The van der Waals surface area contributed by atoms with Gasteiger partial charge in [-0.25, -0.2) is 0 Å². The lowest BCUT2D eigenvalue weighted by molar-refractivity contribution is -0.130. The van der Waals surface area contributed by atoms with Crippen LogP contribution in [0.1, 0.15) is 18.4 Å². The average molecular weight is 308 g/mol. The minimum atomic E-state index is -0.560. The third-order valence-corrected chi connectivity index (χ3v) is 4.05. The van der Waals surface area contributed by atoms with E-state index >= 15 is 0 Å². The number of hydrogen-bond acceptors (Lipinski definition) is 4. The summed E-state index contributed by atoms with van der Waals surface area (Å²) in [6.45, 7) is 1.91. The molecule has 2 N–H and O–H groups in total. The first kappa shape index (κ1) is 15.8. The van der Waals surface area contributed by atoms with Gasteiger partial charge in [0.05, 0.1) is 23.3 Å². The molecule has 0 spiro atoms. The first-order chi connectivity index (χ1) is 10.1. The third kappa shape index (κ3) is 3.53. The number of rotatable bonds is 4. The molecule has 21 heavy (non-hydrogen) atoms. The van der Waals surface area contributed by atoms with E-state index in [1.54, 1.807) is 25.3 Å². The van der Waals surface area contributed by atoms with Crippen molar-refractivity contribution in [2.75, 3.05) is 32.1 Å². The minimum Gasteiger partial charge on any atom is -0.384 e. The van der Waals surface area contributed by atoms with Crippen LogP contribution in [0.5, 0.6) is 0 Å². The predicted molar refractivity (Wildman–Crippen MR) is 81.2 cm³/mol. The minimum absolute atomic E-state index is 0.121. The molecule has 0 atom stereocenters. The molecule has 1 aliphatic rings. The zero-order valence-electron chi connectivity index (χ0n) is 11.9. The Labute approximate surface area is 129 Å². The third-order valence-electron chi connectivity index (χ3n) is 3.81. The summed E-state index contributed by atoms with van der Waals surface area (Å²) in [7, 11) is 1.59. The van der Waals surface area contributed by atoms with E-state index in [0.29, 0.717) is 35.7 Å². The monoisotopic (exact) mass is 307 g/mol. The van der Waals surface area contributed by atoms with E-state index in [2.05, 4.69) is 16.7 Å². The summed E-state index contributed by atoms with van der Waals surface area (Å²) in [5.74, 6) is -0.121. The van der Waals surface area contributed by atoms with Gasteiger partial charge in [0, 0.05) is 12.1 Å². The smallest absolute Gasteiger partial charge is 0.233 e. The normalized spacial score (nSPS) is 17.0. The number of hydrogen-bond donors (Lipinski definition) is 2. The molecule has 1 fully saturated rings. The van der Waals surface area contributed by atoms with Gasteiger partial charge in [-0.3, -0.25) is 4.79 Å². The number of ether oxygens (including phenoxy) is 1. The second-order valence-electron chi connectivity index (χ2n) is 5.22. The molecule has 1 aliphatic heterocycles. The molecule has 0 radical (unpaired) electrons. The van der Waals surface area contributed by atoms with Crippen LogP contribution in [0.15, 0.2) is 18.2 Å². The molecule has 0 aliphatic carbocycles. The number of nitrogens with zero attached hydrogens (tertiary/aromatic N) is 1. The quantitative estimate of drug-likeness (QED) is 0.894.